The first-order chi connectivity index (χ1) is 16.2. The number of aromatic nitrogens is 1. The lowest BCUT2D eigenvalue weighted by molar-refractivity contribution is 0.855. The number of allylic oxidation sites excluding steroid dienone is 4. The summed E-state index contributed by atoms with van der Waals surface area (Å²) in [6.07, 6.45) is 6.46. The van der Waals surface area contributed by atoms with Crippen LogP contribution in [0.25, 0.3) is 44.2 Å². The van der Waals surface area contributed by atoms with E-state index < -0.39 is 0 Å². The number of hydrogen-bond acceptors (Lipinski definition) is 0. The fourth-order valence-corrected chi connectivity index (χ4v) is 4.71. The van der Waals surface area contributed by atoms with Gasteiger partial charge in [-0.3, -0.25) is 0 Å². The fraction of sp³-hybridized carbons (Fsp3) is 0.125. The van der Waals surface area contributed by atoms with Crippen molar-refractivity contribution < 1.29 is 0 Å². The van der Waals surface area contributed by atoms with Gasteiger partial charge in [-0.15, -0.1) is 0 Å². The van der Waals surface area contributed by atoms with Crippen molar-refractivity contribution in [1.82, 2.24) is 4.57 Å². The molecule has 0 saturated heterocycles. The lowest BCUT2D eigenvalue weighted by Crippen LogP contribution is -1.98. The zero-order valence-corrected chi connectivity index (χ0v) is 19.5. The highest BCUT2D eigenvalue weighted by molar-refractivity contribution is 6.10. The summed E-state index contributed by atoms with van der Waals surface area (Å²) < 4.78 is 2.40. The average Bonchev–Trinajstić information content (AvgIpc) is 3.18. The highest BCUT2D eigenvalue weighted by Crippen LogP contribution is 2.35. The Morgan fingerprint density at radius 3 is 2.24 bits per heavy atom. The molecule has 4 aromatic carbocycles. The largest absolute Gasteiger partial charge is 0.309 e. The number of fused-ring (bicyclic) bond motifs is 3. The molecule has 0 bridgehead atoms. The molecular formula is C32H29N. The zero-order chi connectivity index (χ0) is 22.8. The number of nitrogens with zero attached hydrogens (tertiary/aromatic N) is 1. The van der Waals surface area contributed by atoms with Crippen molar-refractivity contribution in [2.75, 3.05) is 0 Å². The predicted octanol–water partition coefficient (Wildman–Crippen LogP) is 9.07. The van der Waals surface area contributed by atoms with Gasteiger partial charge >= 0.3 is 0 Å². The van der Waals surface area contributed by atoms with Gasteiger partial charge in [-0.25, -0.2) is 0 Å². The number of rotatable bonds is 5. The molecule has 0 spiro atoms. The first-order valence-corrected chi connectivity index (χ1v) is 11.7. The van der Waals surface area contributed by atoms with Crippen LogP contribution in [-0.4, -0.2) is 4.57 Å². The second-order valence-corrected chi connectivity index (χ2v) is 8.80. The monoisotopic (exact) mass is 427 g/mol. The van der Waals surface area contributed by atoms with E-state index in [0.717, 1.165) is 0 Å². The predicted molar refractivity (Wildman–Crippen MR) is 144 cm³/mol. The first kappa shape index (κ1) is 21.0. The maximum atomic E-state index is 2.40. The molecule has 0 aliphatic rings. The molecule has 0 radical (unpaired) electrons. The van der Waals surface area contributed by atoms with Crippen molar-refractivity contribution >= 4 is 27.4 Å². The molecule has 0 amide bonds. The third-order valence-corrected chi connectivity index (χ3v) is 6.31. The van der Waals surface area contributed by atoms with Gasteiger partial charge in [-0.2, -0.15) is 0 Å². The Hall–Kier alpha value is -3.84. The Labute approximate surface area is 196 Å². The summed E-state index contributed by atoms with van der Waals surface area (Å²) >= 11 is 0. The summed E-state index contributed by atoms with van der Waals surface area (Å²) in [5.41, 5.74) is 8.77. The van der Waals surface area contributed by atoms with Crippen molar-refractivity contribution in [1.29, 1.82) is 0 Å². The topological polar surface area (TPSA) is 4.93 Å². The third-order valence-electron chi connectivity index (χ3n) is 6.31. The molecule has 0 unspecified atom stereocenters. The minimum Gasteiger partial charge on any atom is -0.309 e. The van der Waals surface area contributed by atoms with E-state index in [1.807, 2.05) is 0 Å². The van der Waals surface area contributed by atoms with Crippen LogP contribution in [-0.2, 0) is 0 Å². The van der Waals surface area contributed by atoms with Gasteiger partial charge in [0.05, 0.1) is 11.0 Å². The van der Waals surface area contributed by atoms with Crippen LogP contribution in [0.4, 0.5) is 0 Å². The van der Waals surface area contributed by atoms with E-state index in [9.17, 15) is 0 Å². The molecule has 162 valence electrons. The molecule has 1 nitrogen and oxygen atoms in total. The molecule has 1 heteroatoms. The summed E-state index contributed by atoms with van der Waals surface area (Å²) in [6, 6.07) is 35.1. The van der Waals surface area contributed by atoms with E-state index in [2.05, 4.69) is 141 Å². The molecule has 33 heavy (non-hydrogen) atoms. The van der Waals surface area contributed by atoms with Gasteiger partial charge in [-0.1, -0.05) is 98.8 Å². The van der Waals surface area contributed by atoms with Crippen LogP contribution in [0.3, 0.4) is 0 Å². The maximum absolute atomic E-state index is 2.40. The number of para-hydroxylation sites is 1. The van der Waals surface area contributed by atoms with Crippen LogP contribution in [0.1, 0.15) is 26.3 Å². The SMILES string of the molecule is C/C=C\C=C(\c1cccc(-n2c3ccccc3c3cc(-c4ccccc4)ccc32)c1)C(C)C. The van der Waals surface area contributed by atoms with Crippen LogP contribution in [0.2, 0.25) is 0 Å². The van der Waals surface area contributed by atoms with E-state index in [-0.39, 0.29) is 0 Å². The second kappa shape index (κ2) is 8.96. The van der Waals surface area contributed by atoms with Gasteiger partial charge in [0.2, 0.25) is 0 Å². The van der Waals surface area contributed by atoms with E-state index in [0.29, 0.717) is 5.92 Å². The van der Waals surface area contributed by atoms with Gasteiger partial charge in [-0.05, 0) is 65.4 Å². The zero-order valence-electron chi connectivity index (χ0n) is 19.5. The molecular weight excluding hydrogens is 398 g/mol. The van der Waals surface area contributed by atoms with Crippen LogP contribution in [0, 0.1) is 5.92 Å². The molecule has 1 heterocycles. The molecule has 5 rings (SSSR count). The normalized spacial score (nSPS) is 12.4. The molecule has 1 aromatic heterocycles. The van der Waals surface area contributed by atoms with Crippen molar-refractivity contribution in [2.24, 2.45) is 5.92 Å². The molecule has 0 N–H and O–H groups in total. The highest BCUT2D eigenvalue weighted by Gasteiger charge is 2.14. The Bertz CT molecular complexity index is 1480. The lowest BCUT2D eigenvalue weighted by Gasteiger charge is -2.14. The van der Waals surface area contributed by atoms with Gasteiger partial charge in [0.1, 0.15) is 0 Å². The Morgan fingerprint density at radius 2 is 1.45 bits per heavy atom. The van der Waals surface area contributed by atoms with Crippen molar-refractivity contribution in [3.8, 4) is 16.8 Å². The summed E-state index contributed by atoms with van der Waals surface area (Å²) in [4.78, 5) is 0. The fourth-order valence-electron chi connectivity index (χ4n) is 4.71. The van der Waals surface area contributed by atoms with Crippen molar-refractivity contribution in [3.63, 3.8) is 0 Å². The number of benzene rings is 4. The van der Waals surface area contributed by atoms with E-state index >= 15 is 0 Å². The Balaban J connectivity index is 1.73. The standard InChI is InChI=1S/C32H29N/c1-4-5-16-28(23(2)3)26-14-11-15-27(21-26)33-31-18-10-9-17-29(31)30-22-25(19-20-32(30)33)24-12-7-6-8-13-24/h4-23H,1-3H3/b5-4-,28-16+. The van der Waals surface area contributed by atoms with Crippen LogP contribution in [0.5, 0.6) is 0 Å². The smallest absolute Gasteiger partial charge is 0.0541 e. The van der Waals surface area contributed by atoms with Gasteiger partial charge in [0.15, 0.2) is 0 Å². The van der Waals surface area contributed by atoms with Crippen LogP contribution >= 0.6 is 0 Å². The van der Waals surface area contributed by atoms with Gasteiger partial charge < -0.3 is 4.57 Å². The summed E-state index contributed by atoms with van der Waals surface area (Å²) in [6.45, 7) is 6.58. The Kier molecular flexibility index (Phi) is 5.71. The van der Waals surface area contributed by atoms with E-state index in [1.165, 1.54) is 49.8 Å². The maximum Gasteiger partial charge on any atom is 0.0541 e. The molecule has 0 atom stereocenters. The highest BCUT2D eigenvalue weighted by atomic mass is 15.0. The molecule has 0 saturated carbocycles. The summed E-state index contributed by atoms with van der Waals surface area (Å²) in [5.74, 6) is 0.447. The van der Waals surface area contributed by atoms with E-state index in [4.69, 9.17) is 0 Å². The number of hydrogen-bond donors (Lipinski definition) is 0. The Morgan fingerprint density at radius 1 is 0.697 bits per heavy atom. The quantitative estimate of drug-likeness (QED) is 0.246. The third kappa shape index (κ3) is 3.91. The first-order valence-electron chi connectivity index (χ1n) is 11.7. The van der Waals surface area contributed by atoms with Crippen LogP contribution in [0.15, 0.2) is 115 Å². The van der Waals surface area contributed by atoms with Crippen LogP contribution < -0.4 is 0 Å². The van der Waals surface area contributed by atoms with E-state index in [1.54, 1.807) is 0 Å². The minimum absolute atomic E-state index is 0.447. The summed E-state index contributed by atoms with van der Waals surface area (Å²) in [7, 11) is 0. The molecule has 5 aromatic rings. The average molecular weight is 428 g/mol. The van der Waals surface area contributed by atoms with Gasteiger partial charge in [0.25, 0.3) is 0 Å². The van der Waals surface area contributed by atoms with Crippen molar-refractivity contribution in [2.45, 2.75) is 20.8 Å². The molecule has 0 aliphatic heterocycles. The lowest BCUT2D eigenvalue weighted by atomic mass is 9.94. The molecule has 0 fully saturated rings. The molecule has 0 aliphatic carbocycles. The van der Waals surface area contributed by atoms with Gasteiger partial charge in [0, 0.05) is 16.5 Å². The summed E-state index contributed by atoms with van der Waals surface area (Å²) in [5, 5.41) is 2.56. The van der Waals surface area contributed by atoms with Crippen molar-refractivity contribution in [3.05, 3.63) is 121 Å². The minimum atomic E-state index is 0.447. The second-order valence-electron chi connectivity index (χ2n) is 8.80.